The van der Waals surface area contributed by atoms with Gasteiger partial charge in [0, 0.05) is 54.4 Å². The molecule has 222 valence electrons. The van der Waals surface area contributed by atoms with Crippen LogP contribution in [0, 0.1) is 0 Å². The summed E-state index contributed by atoms with van der Waals surface area (Å²) >= 11 is 1.78. The molecule has 3 heterocycles. The van der Waals surface area contributed by atoms with Crippen LogP contribution < -0.4 is 14.5 Å². The quantitative estimate of drug-likeness (QED) is 0.234. The Labute approximate surface area is 240 Å². The number of unbranched alkanes of at least 4 members (excludes halogenated alkanes) is 1. The number of rotatable bonds is 12. The zero-order chi connectivity index (χ0) is 28.8. The number of carbonyl (C=O) groups excluding carboxylic acids is 1. The lowest BCUT2D eigenvalue weighted by molar-refractivity contribution is -0.299. The van der Waals surface area contributed by atoms with Gasteiger partial charge < -0.3 is 24.2 Å². The Morgan fingerprint density at radius 2 is 1.80 bits per heavy atom. The van der Waals surface area contributed by atoms with Gasteiger partial charge in [-0.1, -0.05) is 12.1 Å². The fourth-order valence-corrected chi connectivity index (χ4v) is 6.00. The van der Waals surface area contributed by atoms with Gasteiger partial charge in [-0.15, -0.1) is 11.3 Å². The van der Waals surface area contributed by atoms with E-state index in [4.69, 9.17) is 9.47 Å². The highest BCUT2D eigenvalue weighted by Gasteiger charge is 2.30. The van der Waals surface area contributed by atoms with Crippen LogP contribution in [-0.2, 0) is 20.7 Å². The van der Waals surface area contributed by atoms with Crippen LogP contribution in [0.5, 0.6) is 5.75 Å². The van der Waals surface area contributed by atoms with E-state index in [-0.39, 0.29) is 12.3 Å². The molecule has 1 N–H and O–H groups in total. The number of benzene rings is 2. The monoisotopic (exact) mass is 593 g/mol. The maximum Gasteiger partial charge on any atom is 0.411 e. The summed E-state index contributed by atoms with van der Waals surface area (Å²) in [6.07, 6.45) is -1.96. The van der Waals surface area contributed by atoms with Gasteiger partial charge in [0.25, 0.3) is 6.48 Å². The maximum absolute atomic E-state index is 12.5. The molecule has 2 aromatic carbocycles. The smallest absolute Gasteiger partial charge is 0.411 e. The highest BCUT2D eigenvalue weighted by molar-refractivity contribution is 7.17. The van der Waals surface area contributed by atoms with Crippen molar-refractivity contribution in [3.63, 3.8) is 0 Å². The van der Waals surface area contributed by atoms with Crippen molar-refractivity contribution in [3.05, 3.63) is 53.4 Å². The number of carbonyl (C=O) groups is 1. The number of aliphatic hydroxyl groups excluding tert-OH is 1. The van der Waals surface area contributed by atoms with Gasteiger partial charge in [0.2, 0.25) is 5.91 Å². The van der Waals surface area contributed by atoms with Crippen LogP contribution in [0.15, 0.2) is 47.8 Å². The number of alkyl halides is 3. The predicted octanol–water partition coefficient (Wildman–Crippen LogP) is 4.99. The minimum Gasteiger partial charge on any atom is -0.494 e. The number of amides is 1. The molecule has 0 bridgehead atoms. The summed E-state index contributed by atoms with van der Waals surface area (Å²) in [6, 6.07) is 14.2. The number of aryl methyl sites for hydroxylation is 1. The number of ether oxygens (including phenoxy) is 3. The predicted molar refractivity (Wildman–Crippen MR) is 151 cm³/mol. The highest BCUT2D eigenvalue weighted by Crippen LogP contribution is 2.33. The van der Waals surface area contributed by atoms with Gasteiger partial charge in [-0.2, -0.15) is 13.2 Å². The van der Waals surface area contributed by atoms with E-state index in [9.17, 15) is 23.1 Å². The Morgan fingerprint density at radius 3 is 2.61 bits per heavy atom. The third-order valence-electron chi connectivity index (χ3n) is 7.32. The van der Waals surface area contributed by atoms with Crippen LogP contribution in [0.3, 0.4) is 0 Å². The maximum atomic E-state index is 12.5. The fraction of sp³-hybridized carbons (Fsp3) is 0.483. The molecular formula is C29H34F3N3O5S. The van der Waals surface area contributed by atoms with Crippen molar-refractivity contribution in [3.8, 4) is 5.75 Å². The average molecular weight is 594 g/mol. The summed E-state index contributed by atoms with van der Waals surface area (Å²) in [5, 5.41) is 13.1. The van der Waals surface area contributed by atoms with E-state index in [2.05, 4.69) is 44.2 Å². The zero-order valence-electron chi connectivity index (χ0n) is 22.6. The first-order chi connectivity index (χ1) is 19.8. The zero-order valence-corrected chi connectivity index (χ0v) is 23.5. The molecule has 1 fully saturated rings. The Balaban J connectivity index is 1.04. The van der Waals surface area contributed by atoms with Gasteiger partial charge in [0.1, 0.15) is 19.1 Å². The van der Waals surface area contributed by atoms with Gasteiger partial charge in [0.05, 0.1) is 12.3 Å². The van der Waals surface area contributed by atoms with Crippen LogP contribution >= 0.6 is 11.3 Å². The molecule has 1 amide bonds. The lowest BCUT2D eigenvalue weighted by atomic mass is 10.0. The molecule has 8 nitrogen and oxygen atoms in total. The standard InChI is InChI=1S/C29H34F3N3O5S/c30-29(31,32)19-39-28(37)40-20-35-25-18-22(8-6-21(25)7-9-27(35)36)38-16-2-1-11-33-12-14-34(15-13-33)24-4-3-5-26-23(24)10-17-41-26/h3-6,8,10,17-18,28,37H,1-2,7,9,11-16,19-20H2. The SMILES string of the molecule is O=C1CCc2ccc(OCCCCN3CCN(c4cccc5sccc45)CC3)cc2N1COC(O)OCC(F)(F)F. The minimum atomic E-state index is -4.60. The van der Waals surface area contributed by atoms with E-state index in [1.807, 2.05) is 12.1 Å². The third kappa shape index (κ3) is 7.89. The Morgan fingerprint density at radius 1 is 0.976 bits per heavy atom. The van der Waals surface area contributed by atoms with E-state index in [0.29, 0.717) is 24.5 Å². The van der Waals surface area contributed by atoms with E-state index < -0.39 is 26.0 Å². The number of anilines is 2. The molecule has 0 radical (unpaired) electrons. The number of fused-ring (bicyclic) bond motifs is 2. The van der Waals surface area contributed by atoms with E-state index in [1.54, 1.807) is 17.4 Å². The van der Waals surface area contributed by atoms with Gasteiger partial charge in [0.15, 0.2) is 0 Å². The molecule has 1 aromatic heterocycles. The molecule has 1 atom stereocenters. The number of piperazine rings is 1. The first-order valence-electron chi connectivity index (χ1n) is 13.7. The summed E-state index contributed by atoms with van der Waals surface area (Å²) in [4.78, 5) is 18.7. The van der Waals surface area contributed by atoms with Crippen LogP contribution in [0.4, 0.5) is 24.5 Å². The average Bonchev–Trinajstić information content (AvgIpc) is 3.45. The van der Waals surface area contributed by atoms with Crippen molar-refractivity contribution in [1.82, 2.24) is 4.90 Å². The van der Waals surface area contributed by atoms with Gasteiger partial charge >= 0.3 is 6.18 Å². The van der Waals surface area contributed by atoms with Crippen molar-refractivity contribution < 1.29 is 37.3 Å². The molecule has 2 aliphatic rings. The second kappa shape index (κ2) is 13.4. The largest absolute Gasteiger partial charge is 0.494 e. The topological polar surface area (TPSA) is 74.7 Å². The van der Waals surface area contributed by atoms with Crippen molar-refractivity contribution in [2.75, 3.05) is 62.5 Å². The highest BCUT2D eigenvalue weighted by atomic mass is 32.1. The Hall–Kier alpha value is -2.90. The van der Waals surface area contributed by atoms with Gasteiger partial charge in [-0.25, -0.2) is 0 Å². The van der Waals surface area contributed by atoms with Crippen LogP contribution in [0.1, 0.15) is 24.8 Å². The third-order valence-corrected chi connectivity index (χ3v) is 8.20. The number of halogens is 3. The van der Waals surface area contributed by atoms with Crippen LogP contribution in [0.2, 0.25) is 0 Å². The van der Waals surface area contributed by atoms with E-state index in [1.165, 1.54) is 20.7 Å². The Bertz CT molecular complexity index is 1310. The molecule has 0 spiro atoms. The molecule has 41 heavy (non-hydrogen) atoms. The van der Waals surface area contributed by atoms with Crippen molar-refractivity contribution >= 4 is 38.7 Å². The first-order valence-corrected chi connectivity index (χ1v) is 14.6. The molecule has 2 aliphatic heterocycles. The molecule has 1 saturated heterocycles. The fourth-order valence-electron chi connectivity index (χ4n) is 5.19. The molecule has 0 aliphatic carbocycles. The van der Waals surface area contributed by atoms with Crippen LogP contribution in [0.25, 0.3) is 10.1 Å². The molecule has 12 heteroatoms. The lowest BCUT2D eigenvalue weighted by Gasteiger charge is -2.36. The normalized spacial score (nSPS) is 17.2. The first kappa shape index (κ1) is 29.6. The molecular weight excluding hydrogens is 559 g/mol. The minimum absolute atomic E-state index is 0.230. The summed E-state index contributed by atoms with van der Waals surface area (Å²) in [5.74, 6) is 0.332. The number of nitrogens with zero attached hydrogens (tertiary/aromatic N) is 3. The van der Waals surface area contributed by atoms with Crippen LogP contribution in [-0.4, -0.2) is 81.2 Å². The summed E-state index contributed by atoms with van der Waals surface area (Å²) in [6.45, 7) is 1.38. The lowest BCUT2D eigenvalue weighted by Crippen LogP contribution is -2.46. The Kier molecular flexibility index (Phi) is 9.66. The van der Waals surface area contributed by atoms with Gasteiger partial charge in [-0.3, -0.25) is 14.6 Å². The molecule has 0 saturated carbocycles. The van der Waals surface area contributed by atoms with E-state index >= 15 is 0 Å². The number of thiophene rings is 1. The van der Waals surface area contributed by atoms with Gasteiger partial charge in [-0.05, 0) is 61.0 Å². The van der Waals surface area contributed by atoms with Crippen molar-refractivity contribution in [1.29, 1.82) is 0 Å². The summed E-state index contributed by atoms with van der Waals surface area (Å²) < 4.78 is 53.3. The molecule has 5 rings (SSSR count). The van der Waals surface area contributed by atoms with Crippen molar-refractivity contribution in [2.45, 2.75) is 38.3 Å². The number of aliphatic hydroxyl groups is 1. The van der Waals surface area contributed by atoms with Crippen molar-refractivity contribution in [2.24, 2.45) is 0 Å². The molecule has 3 aromatic rings. The second-order valence-electron chi connectivity index (χ2n) is 10.1. The summed E-state index contributed by atoms with van der Waals surface area (Å²) in [7, 11) is 0. The van der Waals surface area contributed by atoms with E-state index in [0.717, 1.165) is 51.1 Å². The number of hydrogen-bond donors (Lipinski definition) is 1. The molecule has 1 unspecified atom stereocenters. The summed E-state index contributed by atoms with van der Waals surface area (Å²) in [5.41, 5.74) is 2.76. The number of hydrogen-bond acceptors (Lipinski definition) is 8. The second-order valence-corrected chi connectivity index (χ2v) is 11.1.